The third-order valence-electron chi connectivity index (χ3n) is 4.45. The minimum atomic E-state index is -0.260. The summed E-state index contributed by atoms with van der Waals surface area (Å²) in [7, 11) is 0. The normalized spacial score (nSPS) is 35.3. The number of aromatic nitrogens is 1. The van der Waals surface area contributed by atoms with Crippen molar-refractivity contribution in [2.45, 2.75) is 6.42 Å². The van der Waals surface area contributed by atoms with Gasteiger partial charge in [-0.2, -0.15) is 0 Å². The summed E-state index contributed by atoms with van der Waals surface area (Å²) >= 11 is 0. The highest BCUT2D eigenvalue weighted by Gasteiger charge is 2.60. The molecule has 1 aromatic rings. The molecule has 1 saturated heterocycles. The van der Waals surface area contributed by atoms with Crippen molar-refractivity contribution in [3.05, 3.63) is 30.5 Å². The maximum atomic E-state index is 12.5. The van der Waals surface area contributed by atoms with Crippen LogP contribution in [0.1, 0.15) is 6.42 Å². The van der Waals surface area contributed by atoms with E-state index in [0.717, 1.165) is 11.3 Å². The summed E-state index contributed by atoms with van der Waals surface area (Å²) < 4.78 is 0. The fraction of sp³-hybridized carbons (Fsp3) is 0.357. The van der Waals surface area contributed by atoms with Gasteiger partial charge in [0.25, 0.3) is 0 Å². The Balaban J connectivity index is 1.79. The van der Waals surface area contributed by atoms with E-state index in [4.69, 9.17) is 0 Å². The van der Waals surface area contributed by atoms with Crippen LogP contribution in [-0.4, -0.2) is 21.9 Å². The summed E-state index contributed by atoms with van der Waals surface area (Å²) in [6.07, 6.45) is 6.45. The van der Waals surface area contributed by atoms with Crippen molar-refractivity contribution in [1.29, 1.82) is 0 Å². The van der Waals surface area contributed by atoms with E-state index in [1.165, 1.54) is 12.3 Å². The molecule has 0 radical (unpaired) electrons. The quantitative estimate of drug-likeness (QED) is 0.603. The van der Waals surface area contributed by atoms with E-state index in [-0.39, 0.29) is 47.1 Å². The maximum absolute atomic E-state index is 12.5. The van der Waals surface area contributed by atoms with Crippen LogP contribution in [0.5, 0.6) is 5.75 Å². The van der Waals surface area contributed by atoms with Crippen molar-refractivity contribution in [2.75, 3.05) is 4.90 Å². The van der Waals surface area contributed by atoms with Gasteiger partial charge in [0.05, 0.1) is 11.8 Å². The molecule has 1 aliphatic heterocycles. The Morgan fingerprint density at radius 2 is 1.79 bits per heavy atom. The van der Waals surface area contributed by atoms with Crippen LogP contribution in [0.25, 0.3) is 0 Å². The van der Waals surface area contributed by atoms with Gasteiger partial charge in [-0.05, 0) is 30.4 Å². The van der Waals surface area contributed by atoms with Gasteiger partial charge in [-0.3, -0.25) is 9.59 Å². The van der Waals surface area contributed by atoms with Crippen LogP contribution in [0.3, 0.4) is 0 Å². The second kappa shape index (κ2) is 3.44. The highest BCUT2D eigenvalue weighted by Crippen LogP contribution is 2.53. The summed E-state index contributed by atoms with van der Waals surface area (Å²) in [5.74, 6) is -0.699. The number of imide groups is 1. The van der Waals surface area contributed by atoms with Gasteiger partial charge in [-0.1, -0.05) is 12.2 Å². The van der Waals surface area contributed by atoms with Crippen LogP contribution in [0.2, 0.25) is 0 Å². The number of allylic oxidation sites excluding steroid dienone is 2. The molecule has 4 atom stereocenters. The number of anilines is 1. The van der Waals surface area contributed by atoms with Crippen LogP contribution in [0, 0.1) is 23.7 Å². The van der Waals surface area contributed by atoms with Gasteiger partial charge in [-0.15, -0.1) is 0 Å². The lowest BCUT2D eigenvalue weighted by atomic mass is 9.85. The second-order valence-corrected chi connectivity index (χ2v) is 5.36. The number of aromatic hydroxyl groups is 1. The van der Waals surface area contributed by atoms with Crippen molar-refractivity contribution < 1.29 is 14.7 Å². The molecule has 0 aromatic carbocycles. The van der Waals surface area contributed by atoms with Gasteiger partial charge >= 0.3 is 0 Å². The van der Waals surface area contributed by atoms with Crippen LogP contribution >= 0.6 is 0 Å². The second-order valence-electron chi connectivity index (χ2n) is 5.36. The number of pyridine rings is 1. The Kier molecular flexibility index (Phi) is 1.94. The van der Waals surface area contributed by atoms with Gasteiger partial charge in [0, 0.05) is 6.20 Å². The summed E-state index contributed by atoms with van der Waals surface area (Å²) in [5.41, 5.74) is 0. The minimum Gasteiger partial charge on any atom is -0.504 e. The first-order valence-electron chi connectivity index (χ1n) is 6.38. The average Bonchev–Trinajstić information content (AvgIpc) is 3.06. The summed E-state index contributed by atoms with van der Waals surface area (Å²) in [4.78, 5) is 30.0. The molecule has 4 rings (SSSR count). The third kappa shape index (κ3) is 1.22. The Morgan fingerprint density at radius 1 is 1.16 bits per heavy atom. The van der Waals surface area contributed by atoms with Crippen molar-refractivity contribution in [2.24, 2.45) is 23.7 Å². The van der Waals surface area contributed by atoms with E-state index in [0.29, 0.717) is 0 Å². The molecule has 0 spiro atoms. The third-order valence-corrected chi connectivity index (χ3v) is 4.45. The van der Waals surface area contributed by atoms with Gasteiger partial charge in [0.2, 0.25) is 11.8 Å². The van der Waals surface area contributed by atoms with E-state index in [9.17, 15) is 14.7 Å². The monoisotopic (exact) mass is 256 g/mol. The lowest BCUT2D eigenvalue weighted by Crippen LogP contribution is -2.33. The van der Waals surface area contributed by atoms with Crippen molar-refractivity contribution in [3.63, 3.8) is 0 Å². The molecule has 1 N–H and O–H groups in total. The van der Waals surface area contributed by atoms with E-state index in [1.807, 2.05) is 12.2 Å². The van der Waals surface area contributed by atoms with Crippen molar-refractivity contribution >= 4 is 17.6 Å². The van der Waals surface area contributed by atoms with E-state index < -0.39 is 0 Å². The van der Waals surface area contributed by atoms with E-state index in [2.05, 4.69) is 4.98 Å². The lowest BCUT2D eigenvalue weighted by Gasteiger charge is -2.16. The summed E-state index contributed by atoms with van der Waals surface area (Å²) in [5, 5.41) is 9.79. The predicted molar refractivity (Wildman–Crippen MR) is 66.1 cm³/mol. The molecule has 1 aromatic heterocycles. The van der Waals surface area contributed by atoms with Gasteiger partial charge in [0.15, 0.2) is 11.6 Å². The Hall–Kier alpha value is -2.17. The average molecular weight is 256 g/mol. The minimum absolute atomic E-state index is 0.0614. The number of rotatable bonds is 1. The van der Waals surface area contributed by atoms with Crippen LogP contribution < -0.4 is 4.90 Å². The number of fused-ring (bicyclic) bond motifs is 5. The molecular formula is C14H12N2O3. The SMILES string of the molecule is O=C1[C@@H]2[C@H](C(=O)N1c1ncccc1O)[C@H]1C=C[C@H]2C1. The largest absolute Gasteiger partial charge is 0.504 e. The number of hydrogen-bond donors (Lipinski definition) is 1. The number of carbonyl (C=O) groups is 2. The van der Waals surface area contributed by atoms with Crippen LogP contribution in [0.15, 0.2) is 30.5 Å². The number of nitrogens with zero attached hydrogens (tertiary/aromatic N) is 2. The first kappa shape index (κ1) is 10.7. The first-order chi connectivity index (χ1) is 9.18. The zero-order valence-electron chi connectivity index (χ0n) is 10.1. The molecule has 2 heterocycles. The smallest absolute Gasteiger partial charge is 0.239 e. The molecule has 3 aliphatic rings. The fourth-order valence-corrected chi connectivity index (χ4v) is 3.67. The summed E-state index contributed by atoms with van der Waals surface area (Å²) in [6, 6.07) is 3.00. The molecule has 2 bridgehead atoms. The number of carbonyl (C=O) groups excluding carboxylic acids is 2. The molecule has 2 aliphatic carbocycles. The Bertz CT molecular complexity index is 595. The molecular weight excluding hydrogens is 244 g/mol. The molecule has 2 fully saturated rings. The van der Waals surface area contributed by atoms with Crippen LogP contribution in [-0.2, 0) is 9.59 Å². The zero-order chi connectivity index (χ0) is 13.1. The molecule has 5 heteroatoms. The molecule has 0 unspecified atom stereocenters. The van der Waals surface area contributed by atoms with Gasteiger partial charge < -0.3 is 5.11 Å². The maximum Gasteiger partial charge on any atom is 0.239 e. The van der Waals surface area contributed by atoms with Gasteiger partial charge in [0.1, 0.15) is 0 Å². The molecule has 2 amide bonds. The highest BCUT2D eigenvalue weighted by molar-refractivity contribution is 6.22. The lowest BCUT2D eigenvalue weighted by molar-refractivity contribution is -0.123. The van der Waals surface area contributed by atoms with Crippen LogP contribution in [0.4, 0.5) is 5.82 Å². The Labute approximate surface area is 109 Å². The molecule has 96 valence electrons. The first-order valence-corrected chi connectivity index (χ1v) is 6.38. The van der Waals surface area contributed by atoms with Gasteiger partial charge in [-0.25, -0.2) is 9.88 Å². The van der Waals surface area contributed by atoms with Crippen molar-refractivity contribution in [3.8, 4) is 5.75 Å². The van der Waals surface area contributed by atoms with Crippen molar-refractivity contribution in [1.82, 2.24) is 4.98 Å². The summed E-state index contributed by atoms with van der Waals surface area (Å²) in [6.45, 7) is 0. The van der Waals surface area contributed by atoms with E-state index in [1.54, 1.807) is 6.07 Å². The predicted octanol–water partition coefficient (Wildman–Crippen LogP) is 1.10. The Morgan fingerprint density at radius 3 is 2.37 bits per heavy atom. The highest BCUT2D eigenvalue weighted by atomic mass is 16.3. The van der Waals surface area contributed by atoms with E-state index >= 15 is 0 Å². The topological polar surface area (TPSA) is 70.5 Å². The fourth-order valence-electron chi connectivity index (χ4n) is 3.67. The number of amides is 2. The molecule has 5 nitrogen and oxygen atoms in total. The molecule has 1 saturated carbocycles. The zero-order valence-corrected chi connectivity index (χ0v) is 10.1. The number of hydrogen-bond acceptors (Lipinski definition) is 4. The molecule has 19 heavy (non-hydrogen) atoms. The standard InChI is InChI=1S/C14H12N2O3/c17-9-2-1-5-15-12(9)16-13(18)10-7-3-4-8(6-7)11(10)14(16)19/h1-5,7-8,10-11,17H,6H2/t7-,8-,10-,11+/m0/s1.